The Bertz CT molecular complexity index is 870. The van der Waals surface area contributed by atoms with Crippen molar-refractivity contribution >= 4 is 33.1 Å². The summed E-state index contributed by atoms with van der Waals surface area (Å²) in [5, 5.41) is 4.24. The van der Waals surface area contributed by atoms with Crippen LogP contribution in [0.15, 0.2) is 48.5 Å². The highest BCUT2D eigenvalue weighted by Gasteiger charge is 2.28. The number of aromatic nitrogens is 1. The molecule has 1 aromatic heterocycles. The number of anilines is 1. The first-order valence-corrected chi connectivity index (χ1v) is 10.0. The molecular formula is C21H24N3OS+. The number of amides is 1. The van der Waals surface area contributed by atoms with E-state index in [2.05, 4.69) is 23.5 Å². The summed E-state index contributed by atoms with van der Waals surface area (Å²) in [6.07, 6.45) is 2.32. The second-order valence-electron chi connectivity index (χ2n) is 7.15. The van der Waals surface area contributed by atoms with Crippen molar-refractivity contribution in [1.82, 2.24) is 4.98 Å². The molecule has 1 amide bonds. The molecule has 0 radical (unpaired) electrons. The fourth-order valence-electron chi connectivity index (χ4n) is 3.66. The highest BCUT2D eigenvalue weighted by Crippen LogP contribution is 2.30. The van der Waals surface area contributed by atoms with Gasteiger partial charge in [0.1, 0.15) is 5.01 Å². The van der Waals surface area contributed by atoms with Crippen molar-refractivity contribution in [2.24, 2.45) is 0 Å². The summed E-state index contributed by atoms with van der Waals surface area (Å²) in [5.41, 5.74) is 3.17. The second-order valence-corrected chi connectivity index (χ2v) is 8.22. The van der Waals surface area contributed by atoms with E-state index >= 15 is 0 Å². The minimum atomic E-state index is 0.0915. The lowest BCUT2D eigenvalue weighted by molar-refractivity contribution is -0.898. The molecule has 1 aliphatic rings. The van der Waals surface area contributed by atoms with Crippen LogP contribution in [-0.4, -0.2) is 30.5 Å². The van der Waals surface area contributed by atoms with Gasteiger partial charge in [0, 0.05) is 5.69 Å². The zero-order valence-electron chi connectivity index (χ0n) is 15.0. The molecule has 1 fully saturated rings. The van der Waals surface area contributed by atoms with Crippen LogP contribution in [0.2, 0.25) is 0 Å². The molecule has 0 bridgehead atoms. The van der Waals surface area contributed by atoms with Gasteiger partial charge < -0.3 is 10.2 Å². The van der Waals surface area contributed by atoms with Crippen LogP contribution in [0.3, 0.4) is 0 Å². The minimum Gasteiger partial charge on any atom is -0.327 e. The summed E-state index contributed by atoms with van der Waals surface area (Å²) < 4.78 is 1.26. The number of hydrogen-bond acceptors (Lipinski definition) is 3. The second kappa shape index (κ2) is 7.56. The Morgan fingerprint density at radius 1 is 1.23 bits per heavy atom. The summed E-state index contributed by atoms with van der Waals surface area (Å²) in [6, 6.07) is 16.3. The Hall–Kier alpha value is -2.24. The van der Waals surface area contributed by atoms with E-state index in [1.165, 1.54) is 26.6 Å². The van der Waals surface area contributed by atoms with E-state index in [4.69, 9.17) is 4.98 Å². The third kappa shape index (κ3) is 3.94. The number of carbonyl (C=O) groups excluding carboxylic acids is 1. The van der Waals surface area contributed by atoms with Gasteiger partial charge in [-0.2, -0.15) is 0 Å². The number of benzene rings is 2. The molecule has 2 N–H and O–H groups in total. The smallest absolute Gasteiger partial charge is 0.279 e. The number of quaternary nitrogens is 1. The topological polar surface area (TPSA) is 46.4 Å². The first-order valence-electron chi connectivity index (χ1n) is 9.23. The Morgan fingerprint density at radius 3 is 2.85 bits per heavy atom. The summed E-state index contributed by atoms with van der Waals surface area (Å²) in [6.45, 7) is 4.62. The molecule has 2 atom stereocenters. The van der Waals surface area contributed by atoms with Crippen molar-refractivity contribution in [2.45, 2.75) is 25.7 Å². The van der Waals surface area contributed by atoms with Crippen LogP contribution in [0, 0.1) is 6.92 Å². The van der Waals surface area contributed by atoms with Gasteiger partial charge in [-0.3, -0.25) is 4.79 Å². The zero-order valence-corrected chi connectivity index (χ0v) is 15.8. The molecule has 4 nitrogen and oxygen atoms in total. The summed E-state index contributed by atoms with van der Waals surface area (Å²) >= 11 is 1.80. The molecule has 1 saturated heterocycles. The van der Waals surface area contributed by atoms with Gasteiger partial charge in [-0.1, -0.05) is 29.8 Å². The SMILES string of the molecule is Cc1ccc(NC(=O)C[NH+]2CCC[C@@H](c3nc4ccccc4s3)C2)cc1. The van der Waals surface area contributed by atoms with Crippen LogP contribution in [0.1, 0.15) is 29.3 Å². The van der Waals surface area contributed by atoms with Gasteiger partial charge in [-0.05, 0) is 44.0 Å². The van der Waals surface area contributed by atoms with Gasteiger partial charge in [-0.25, -0.2) is 4.98 Å². The highest BCUT2D eigenvalue weighted by molar-refractivity contribution is 7.18. The van der Waals surface area contributed by atoms with E-state index < -0.39 is 0 Å². The van der Waals surface area contributed by atoms with Gasteiger partial charge in [0.05, 0.1) is 29.2 Å². The number of aryl methyl sites for hydroxylation is 1. The first-order chi connectivity index (χ1) is 12.7. The van der Waals surface area contributed by atoms with Gasteiger partial charge in [0.15, 0.2) is 6.54 Å². The molecule has 1 aliphatic heterocycles. The number of para-hydroxylation sites is 1. The number of nitrogens with zero attached hydrogens (tertiary/aromatic N) is 1. The lowest BCUT2D eigenvalue weighted by Crippen LogP contribution is -3.14. The van der Waals surface area contributed by atoms with E-state index in [-0.39, 0.29) is 5.91 Å². The molecule has 2 aromatic carbocycles. The van der Waals surface area contributed by atoms with Crippen molar-refractivity contribution in [3.8, 4) is 0 Å². The molecule has 5 heteroatoms. The Labute approximate surface area is 157 Å². The standard InChI is InChI=1S/C21H23N3OS/c1-15-8-10-17(11-9-15)22-20(25)14-24-12-4-5-16(13-24)21-23-18-6-2-3-7-19(18)26-21/h2-3,6-11,16H,4-5,12-14H2,1H3,(H,22,25)/p+1/t16-/m1/s1. The summed E-state index contributed by atoms with van der Waals surface area (Å²) in [5.74, 6) is 0.553. The monoisotopic (exact) mass is 366 g/mol. The Kier molecular flexibility index (Phi) is 5.00. The average Bonchev–Trinajstić information content (AvgIpc) is 3.08. The van der Waals surface area contributed by atoms with Gasteiger partial charge in [0.25, 0.3) is 5.91 Å². The van der Waals surface area contributed by atoms with Crippen LogP contribution in [0.4, 0.5) is 5.69 Å². The maximum atomic E-state index is 12.4. The van der Waals surface area contributed by atoms with Crippen LogP contribution >= 0.6 is 11.3 Å². The number of rotatable bonds is 4. The fraction of sp³-hybridized carbons (Fsp3) is 0.333. The number of thiazole rings is 1. The molecule has 0 saturated carbocycles. The summed E-state index contributed by atoms with van der Waals surface area (Å²) in [4.78, 5) is 18.6. The van der Waals surface area contributed by atoms with Crippen LogP contribution in [0.5, 0.6) is 0 Å². The first kappa shape index (κ1) is 17.2. The third-order valence-corrected chi connectivity index (χ3v) is 6.22. The molecular weight excluding hydrogens is 342 g/mol. The zero-order chi connectivity index (χ0) is 17.9. The van der Waals surface area contributed by atoms with Gasteiger partial charge in [-0.15, -0.1) is 11.3 Å². The lowest BCUT2D eigenvalue weighted by atomic mass is 9.99. The van der Waals surface area contributed by atoms with Crippen molar-refractivity contribution < 1.29 is 9.69 Å². The number of piperidine rings is 1. The fourth-order valence-corrected chi connectivity index (χ4v) is 4.76. The normalized spacial score (nSPS) is 20.2. The number of hydrogen-bond donors (Lipinski definition) is 2. The number of fused-ring (bicyclic) bond motifs is 1. The van der Waals surface area contributed by atoms with Crippen LogP contribution in [-0.2, 0) is 4.79 Å². The molecule has 0 spiro atoms. The van der Waals surface area contributed by atoms with E-state index in [1.54, 1.807) is 11.3 Å². The highest BCUT2D eigenvalue weighted by atomic mass is 32.1. The largest absolute Gasteiger partial charge is 0.327 e. The van der Waals surface area contributed by atoms with Crippen LogP contribution in [0.25, 0.3) is 10.2 Å². The third-order valence-electron chi connectivity index (χ3n) is 5.02. The molecule has 134 valence electrons. The average molecular weight is 367 g/mol. The molecule has 4 rings (SSSR count). The van der Waals surface area contributed by atoms with Crippen LogP contribution < -0.4 is 10.2 Å². The lowest BCUT2D eigenvalue weighted by Gasteiger charge is -2.28. The molecule has 0 aliphatic carbocycles. The maximum Gasteiger partial charge on any atom is 0.279 e. The molecule has 2 heterocycles. The van der Waals surface area contributed by atoms with E-state index in [1.807, 2.05) is 37.3 Å². The van der Waals surface area contributed by atoms with E-state index in [0.29, 0.717) is 12.5 Å². The molecule has 26 heavy (non-hydrogen) atoms. The molecule has 3 aromatic rings. The van der Waals surface area contributed by atoms with Crippen molar-refractivity contribution in [2.75, 3.05) is 25.0 Å². The predicted octanol–water partition coefficient (Wildman–Crippen LogP) is 3.01. The van der Waals surface area contributed by atoms with Gasteiger partial charge in [0.2, 0.25) is 0 Å². The Balaban J connectivity index is 1.38. The van der Waals surface area contributed by atoms with Crippen molar-refractivity contribution in [3.05, 3.63) is 59.1 Å². The van der Waals surface area contributed by atoms with Crippen molar-refractivity contribution in [3.63, 3.8) is 0 Å². The number of carbonyl (C=O) groups is 1. The number of nitrogens with one attached hydrogen (secondary N) is 2. The minimum absolute atomic E-state index is 0.0915. The van der Waals surface area contributed by atoms with Crippen molar-refractivity contribution in [1.29, 1.82) is 0 Å². The van der Waals surface area contributed by atoms with Gasteiger partial charge >= 0.3 is 0 Å². The number of likely N-dealkylation sites (tertiary alicyclic amines) is 1. The quantitative estimate of drug-likeness (QED) is 0.746. The maximum absolute atomic E-state index is 12.4. The predicted molar refractivity (Wildman–Crippen MR) is 107 cm³/mol. The molecule has 1 unspecified atom stereocenters. The summed E-state index contributed by atoms with van der Waals surface area (Å²) in [7, 11) is 0. The Morgan fingerprint density at radius 2 is 2.04 bits per heavy atom. The van der Waals surface area contributed by atoms with E-state index in [0.717, 1.165) is 30.7 Å². The van der Waals surface area contributed by atoms with E-state index in [9.17, 15) is 4.79 Å².